The SMILES string of the molecule is Cc1cc(C(C)NS(=O)C(C)(C)C)ncc1OCCC(F)(F)F. The Balaban J connectivity index is 2.70. The Morgan fingerprint density at radius 2 is 1.96 bits per heavy atom. The summed E-state index contributed by atoms with van der Waals surface area (Å²) in [6, 6.07) is 1.47. The number of ether oxygens (including phenoxy) is 1. The summed E-state index contributed by atoms with van der Waals surface area (Å²) in [5.74, 6) is 0.321. The molecule has 0 fully saturated rings. The van der Waals surface area contributed by atoms with Crippen LogP contribution in [-0.2, 0) is 11.0 Å². The van der Waals surface area contributed by atoms with E-state index in [1.807, 2.05) is 27.7 Å². The van der Waals surface area contributed by atoms with Gasteiger partial charge in [0, 0.05) is 0 Å². The minimum atomic E-state index is -4.24. The molecule has 23 heavy (non-hydrogen) atoms. The zero-order chi connectivity index (χ0) is 17.8. The highest BCUT2D eigenvalue weighted by Gasteiger charge is 2.27. The van der Waals surface area contributed by atoms with Crippen LogP contribution in [0.25, 0.3) is 0 Å². The number of aromatic nitrogens is 1. The molecule has 0 aliphatic heterocycles. The van der Waals surface area contributed by atoms with Crippen LogP contribution in [0, 0.1) is 6.92 Å². The van der Waals surface area contributed by atoms with E-state index in [0.717, 1.165) is 0 Å². The van der Waals surface area contributed by atoms with Crippen LogP contribution in [0.1, 0.15) is 51.4 Å². The Labute approximate surface area is 137 Å². The maximum Gasteiger partial charge on any atom is 0.392 e. The topological polar surface area (TPSA) is 51.2 Å². The predicted molar refractivity (Wildman–Crippen MR) is 84.6 cm³/mol. The largest absolute Gasteiger partial charge is 0.491 e. The van der Waals surface area contributed by atoms with E-state index in [-0.39, 0.29) is 6.04 Å². The monoisotopic (exact) mass is 352 g/mol. The molecule has 0 amide bonds. The van der Waals surface area contributed by atoms with Crippen LogP contribution in [0.4, 0.5) is 13.2 Å². The molecule has 0 saturated heterocycles. The highest BCUT2D eigenvalue weighted by atomic mass is 32.2. The summed E-state index contributed by atoms with van der Waals surface area (Å²) in [7, 11) is -1.24. The van der Waals surface area contributed by atoms with E-state index in [9.17, 15) is 17.4 Å². The van der Waals surface area contributed by atoms with E-state index in [1.165, 1.54) is 6.20 Å². The quantitative estimate of drug-likeness (QED) is 0.846. The number of rotatable bonds is 6. The summed E-state index contributed by atoms with van der Waals surface area (Å²) in [5, 5.41) is 0. The Kier molecular flexibility index (Phi) is 6.59. The van der Waals surface area contributed by atoms with Crippen molar-refractivity contribution in [2.24, 2.45) is 0 Å². The molecule has 2 unspecified atom stereocenters. The molecule has 0 spiro atoms. The van der Waals surface area contributed by atoms with E-state index < -0.39 is 34.9 Å². The Bertz CT molecular complexity index is 557. The molecule has 1 heterocycles. The minimum Gasteiger partial charge on any atom is -0.491 e. The maximum absolute atomic E-state index is 12.1. The summed E-state index contributed by atoms with van der Waals surface area (Å²) < 4.78 is 56.1. The third-order valence-corrected chi connectivity index (χ3v) is 4.69. The van der Waals surface area contributed by atoms with Crippen molar-refractivity contribution in [2.45, 2.75) is 58.0 Å². The number of pyridine rings is 1. The van der Waals surface area contributed by atoms with Crippen molar-refractivity contribution in [3.63, 3.8) is 0 Å². The number of hydrogen-bond acceptors (Lipinski definition) is 3. The average molecular weight is 352 g/mol. The highest BCUT2D eigenvalue weighted by molar-refractivity contribution is 7.84. The second kappa shape index (κ2) is 7.61. The Hall–Kier alpha value is -1.15. The lowest BCUT2D eigenvalue weighted by molar-refractivity contribution is -0.139. The van der Waals surface area contributed by atoms with Gasteiger partial charge < -0.3 is 4.74 Å². The van der Waals surface area contributed by atoms with Gasteiger partial charge >= 0.3 is 6.18 Å². The molecule has 0 saturated carbocycles. The van der Waals surface area contributed by atoms with Gasteiger partial charge in [-0.15, -0.1) is 0 Å². The fourth-order valence-electron chi connectivity index (χ4n) is 1.63. The average Bonchev–Trinajstić information content (AvgIpc) is 2.37. The molecular weight excluding hydrogens is 329 g/mol. The molecule has 1 aromatic heterocycles. The predicted octanol–water partition coefficient (Wildman–Crippen LogP) is 3.83. The van der Waals surface area contributed by atoms with Gasteiger partial charge in [0.2, 0.25) is 0 Å². The lowest BCUT2D eigenvalue weighted by Gasteiger charge is -2.22. The van der Waals surface area contributed by atoms with Crippen LogP contribution in [0.3, 0.4) is 0 Å². The first-order valence-electron chi connectivity index (χ1n) is 7.24. The van der Waals surface area contributed by atoms with Crippen molar-refractivity contribution in [3.8, 4) is 5.75 Å². The third kappa shape index (κ3) is 6.87. The Morgan fingerprint density at radius 3 is 2.43 bits per heavy atom. The number of aryl methyl sites for hydroxylation is 1. The van der Waals surface area contributed by atoms with E-state index in [0.29, 0.717) is 17.0 Å². The standard InChI is InChI=1S/C15H23F3N2O2S/c1-10-8-12(11(2)20-23(21)14(3,4)5)19-9-13(10)22-7-6-15(16,17)18/h8-9,11,20H,6-7H2,1-5H3. The molecule has 8 heteroatoms. The molecule has 1 aromatic rings. The fourth-order valence-corrected chi connectivity index (χ4v) is 2.42. The summed E-state index contributed by atoms with van der Waals surface area (Å²) in [4.78, 5) is 4.19. The molecule has 0 radical (unpaired) electrons. The van der Waals surface area contributed by atoms with Gasteiger partial charge in [-0.05, 0) is 46.2 Å². The number of nitrogens with zero attached hydrogens (tertiary/aromatic N) is 1. The van der Waals surface area contributed by atoms with Crippen molar-refractivity contribution in [3.05, 3.63) is 23.5 Å². The van der Waals surface area contributed by atoms with Gasteiger partial charge in [0.25, 0.3) is 0 Å². The molecule has 4 nitrogen and oxygen atoms in total. The van der Waals surface area contributed by atoms with Gasteiger partial charge in [0.1, 0.15) is 5.75 Å². The third-order valence-electron chi connectivity index (χ3n) is 3.01. The van der Waals surface area contributed by atoms with Crippen molar-refractivity contribution >= 4 is 11.0 Å². The van der Waals surface area contributed by atoms with E-state index in [4.69, 9.17) is 4.74 Å². The second-order valence-corrected chi connectivity index (χ2v) is 8.31. The second-order valence-electron chi connectivity index (χ2n) is 6.31. The van der Waals surface area contributed by atoms with Gasteiger partial charge in [-0.25, -0.2) is 8.93 Å². The first kappa shape index (κ1) is 19.9. The normalized spacial score (nSPS) is 15.3. The van der Waals surface area contributed by atoms with Crippen LogP contribution in [0.2, 0.25) is 0 Å². The fraction of sp³-hybridized carbons (Fsp3) is 0.667. The lowest BCUT2D eigenvalue weighted by atomic mass is 10.1. The Morgan fingerprint density at radius 1 is 1.35 bits per heavy atom. The number of nitrogens with one attached hydrogen (secondary N) is 1. The zero-order valence-corrected chi connectivity index (χ0v) is 14.8. The van der Waals surface area contributed by atoms with Crippen LogP contribution in [0.15, 0.2) is 12.3 Å². The zero-order valence-electron chi connectivity index (χ0n) is 14.0. The summed E-state index contributed by atoms with van der Waals surface area (Å²) in [6.07, 6.45) is -3.84. The van der Waals surface area contributed by atoms with E-state index in [2.05, 4.69) is 9.71 Å². The smallest absolute Gasteiger partial charge is 0.392 e. The number of alkyl halides is 3. The minimum absolute atomic E-state index is 0.252. The summed E-state index contributed by atoms with van der Waals surface area (Å²) in [6.45, 7) is 8.71. The van der Waals surface area contributed by atoms with Gasteiger partial charge in [0.05, 0.1) is 46.7 Å². The van der Waals surface area contributed by atoms with Gasteiger partial charge in [-0.3, -0.25) is 4.98 Å². The van der Waals surface area contributed by atoms with Crippen molar-refractivity contribution < 1.29 is 22.1 Å². The molecule has 1 N–H and O–H groups in total. The highest BCUT2D eigenvalue weighted by Crippen LogP contribution is 2.24. The summed E-state index contributed by atoms with van der Waals surface area (Å²) >= 11 is 0. The number of halogens is 3. The van der Waals surface area contributed by atoms with Crippen LogP contribution >= 0.6 is 0 Å². The van der Waals surface area contributed by atoms with E-state index in [1.54, 1.807) is 13.0 Å². The molecule has 0 aliphatic rings. The van der Waals surface area contributed by atoms with Gasteiger partial charge in [0.15, 0.2) is 0 Å². The molecule has 1 rings (SSSR count). The molecule has 0 bridgehead atoms. The molecule has 2 atom stereocenters. The van der Waals surface area contributed by atoms with E-state index >= 15 is 0 Å². The van der Waals surface area contributed by atoms with Crippen LogP contribution < -0.4 is 9.46 Å². The van der Waals surface area contributed by atoms with Crippen LogP contribution in [-0.4, -0.2) is 26.7 Å². The summed E-state index contributed by atoms with van der Waals surface area (Å²) in [5.41, 5.74) is 1.34. The molecule has 132 valence electrons. The molecule has 0 aromatic carbocycles. The van der Waals surface area contributed by atoms with Crippen molar-refractivity contribution in [2.75, 3.05) is 6.61 Å². The molecule has 0 aliphatic carbocycles. The van der Waals surface area contributed by atoms with Gasteiger partial charge in [-0.2, -0.15) is 13.2 Å². The van der Waals surface area contributed by atoms with Crippen molar-refractivity contribution in [1.29, 1.82) is 0 Å². The molecular formula is C15H23F3N2O2S. The first-order chi connectivity index (χ1) is 10.4. The first-order valence-corrected chi connectivity index (χ1v) is 8.39. The van der Waals surface area contributed by atoms with Crippen LogP contribution in [0.5, 0.6) is 5.75 Å². The maximum atomic E-state index is 12.1. The van der Waals surface area contributed by atoms with Gasteiger partial charge in [-0.1, -0.05) is 0 Å². The number of hydrogen-bond donors (Lipinski definition) is 1. The lowest BCUT2D eigenvalue weighted by Crippen LogP contribution is -2.35. The van der Waals surface area contributed by atoms with Crippen molar-refractivity contribution in [1.82, 2.24) is 9.71 Å².